The molecule has 0 bridgehead atoms. The maximum absolute atomic E-state index is 11.9. The first-order valence-electron chi connectivity index (χ1n) is 6.09. The third kappa shape index (κ3) is 2.84. The second kappa shape index (κ2) is 6.11. The van der Waals surface area contributed by atoms with Crippen LogP contribution in [0.5, 0.6) is 0 Å². The molecule has 6 nitrogen and oxygen atoms in total. The van der Waals surface area contributed by atoms with E-state index in [2.05, 4.69) is 27.5 Å². The van der Waals surface area contributed by atoms with Gasteiger partial charge in [0.15, 0.2) is 11.3 Å². The quantitative estimate of drug-likeness (QED) is 0.727. The van der Waals surface area contributed by atoms with Gasteiger partial charge in [0.1, 0.15) is 0 Å². The summed E-state index contributed by atoms with van der Waals surface area (Å²) >= 11 is 0. The minimum Gasteiger partial charge on any atom is -0.349 e. The molecule has 18 heavy (non-hydrogen) atoms. The van der Waals surface area contributed by atoms with Crippen LogP contribution in [0.15, 0.2) is 24.8 Å². The van der Waals surface area contributed by atoms with E-state index in [1.165, 1.54) is 0 Å². The number of nitrogens with one attached hydrogen (secondary N) is 2. The average molecular weight is 247 g/mol. The second-order valence-electron chi connectivity index (χ2n) is 3.94. The summed E-state index contributed by atoms with van der Waals surface area (Å²) in [5.74, 6) is -0.190. The summed E-state index contributed by atoms with van der Waals surface area (Å²) in [4.78, 5) is 20.1. The van der Waals surface area contributed by atoms with Crippen LogP contribution in [0.3, 0.4) is 0 Å². The lowest BCUT2D eigenvalue weighted by Gasteiger charge is -2.06. The van der Waals surface area contributed by atoms with Gasteiger partial charge in [-0.15, -0.1) is 0 Å². The van der Waals surface area contributed by atoms with Crippen molar-refractivity contribution in [3.8, 4) is 0 Å². The van der Waals surface area contributed by atoms with Crippen LogP contribution in [-0.4, -0.2) is 39.9 Å². The molecular formula is C12H17N5O. The lowest BCUT2D eigenvalue weighted by Crippen LogP contribution is -2.32. The maximum Gasteiger partial charge on any atom is 0.273 e. The molecule has 0 fully saturated rings. The van der Waals surface area contributed by atoms with E-state index in [0.29, 0.717) is 17.9 Å². The fourth-order valence-electron chi connectivity index (χ4n) is 1.66. The highest BCUT2D eigenvalue weighted by Gasteiger charge is 2.12. The van der Waals surface area contributed by atoms with E-state index in [9.17, 15) is 4.79 Å². The standard InChI is InChI=1S/C12H17N5O/c1-2-3-13-4-5-16-12(18)10-11-15-7-9-17(11)8-6-14-10/h6-9,13H,2-5H2,1H3,(H,16,18). The Morgan fingerprint density at radius 2 is 2.00 bits per heavy atom. The molecular weight excluding hydrogens is 230 g/mol. The van der Waals surface area contributed by atoms with E-state index in [4.69, 9.17) is 0 Å². The summed E-state index contributed by atoms with van der Waals surface area (Å²) in [5.41, 5.74) is 0.939. The van der Waals surface area contributed by atoms with Gasteiger partial charge in [-0.1, -0.05) is 6.92 Å². The number of hydrogen-bond donors (Lipinski definition) is 2. The number of hydrogen-bond acceptors (Lipinski definition) is 4. The lowest BCUT2D eigenvalue weighted by molar-refractivity contribution is 0.0950. The summed E-state index contributed by atoms with van der Waals surface area (Å²) < 4.78 is 1.78. The van der Waals surface area contributed by atoms with Crippen molar-refractivity contribution < 1.29 is 4.79 Å². The van der Waals surface area contributed by atoms with Crippen molar-refractivity contribution in [3.63, 3.8) is 0 Å². The van der Waals surface area contributed by atoms with E-state index >= 15 is 0 Å². The van der Waals surface area contributed by atoms with Crippen molar-refractivity contribution in [2.45, 2.75) is 13.3 Å². The SMILES string of the molecule is CCCNCCNC(=O)c1nccn2ccnc12. The Morgan fingerprint density at radius 3 is 2.78 bits per heavy atom. The van der Waals surface area contributed by atoms with Crippen molar-refractivity contribution in [3.05, 3.63) is 30.5 Å². The third-order valence-electron chi connectivity index (χ3n) is 2.54. The number of rotatable bonds is 6. The van der Waals surface area contributed by atoms with Gasteiger partial charge in [0, 0.05) is 37.9 Å². The third-order valence-corrected chi connectivity index (χ3v) is 2.54. The summed E-state index contributed by atoms with van der Waals surface area (Å²) in [6.45, 7) is 4.41. The predicted molar refractivity (Wildman–Crippen MR) is 68.5 cm³/mol. The lowest BCUT2D eigenvalue weighted by atomic mass is 10.4. The summed E-state index contributed by atoms with van der Waals surface area (Å²) in [5, 5.41) is 6.04. The molecule has 96 valence electrons. The predicted octanol–water partition coefficient (Wildman–Crippen LogP) is 0.459. The van der Waals surface area contributed by atoms with Gasteiger partial charge in [-0.2, -0.15) is 0 Å². The number of amides is 1. The smallest absolute Gasteiger partial charge is 0.273 e. The molecule has 2 rings (SSSR count). The van der Waals surface area contributed by atoms with Crippen LogP contribution >= 0.6 is 0 Å². The summed E-state index contributed by atoms with van der Waals surface area (Å²) in [7, 11) is 0. The highest BCUT2D eigenvalue weighted by Crippen LogP contribution is 2.04. The molecule has 2 heterocycles. The Labute approximate surface area is 105 Å². The average Bonchev–Trinajstić information content (AvgIpc) is 2.86. The number of imidazole rings is 1. The minimum absolute atomic E-state index is 0.190. The molecule has 0 aliphatic heterocycles. The maximum atomic E-state index is 11.9. The van der Waals surface area contributed by atoms with Gasteiger partial charge in [0.2, 0.25) is 0 Å². The summed E-state index contributed by atoms with van der Waals surface area (Å²) in [6, 6.07) is 0. The fraction of sp³-hybridized carbons (Fsp3) is 0.417. The number of carbonyl (C=O) groups excluding carboxylic acids is 1. The fourth-order valence-corrected chi connectivity index (χ4v) is 1.66. The highest BCUT2D eigenvalue weighted by molar-refractivity contribution is 5.97. The van der Waals surface area contributed by atoms with Crippen molar-refractivity contribution >= 4 is 11.6 Å². The number of nitrogens with zero attached hydrogens (tertiary/aromatic N) is 3. The first-order valence-corrected chi connectivity index (χ1v) is 6.09. The van der Waals surface area contributed by atoms with Gasteiger partial charge in [0.05, 0.1) is 0 Å². The van der Waals surface area contributed by atoms with E-state index in [1.807, 2.05) is 0 Å². The van der Waals surface area contributed by atoms with Gasteiger partial charge in [0.25, 0.3) is 5.91 Å². The number of aromatic nitrogens is 3. The van der Waals surface area contributed by atoms with Crippen molar-refractivity contribution in [2.75, 3.05) is 19.6 Å². The van der Waals surface area contributed by atoms with E-state index < -0.39 is 0 Å². The number of carbonyl (C=O) groups is 1. The van der Waals surface area contributed by atoms with E-state index in [0.717, 1.165) is 19.5 Å². The van der Waals surface area contributed by atoms with Gasteiger partial charge < -0.3 is 15.0 Å². The van der Waals surface area contributed by atoms with Gasteiger partial charge in [-0.3, -0.25) is 4.79 Å². The van der Waals surface area contributed by atoms with Crippen LogP contribution < -0.4 is 10.6 Å². The summed E-state index contributed by atoms with van der Waals surface area (Å²) in [6.07, 6.45) is 7.89. The largest absolute Gasteiger partial charge is 0.349 e. The van der Waals surface area contributed by atoms with Gasteiger partial charge >= 0.3 is 0 Å². The van der Waals surface area contributed by atoms with Crippen LogP contribution in [0.4, 0.5) is 0 Å². The zero-order valence-corrected chi connectivity index (χ0v) is 10.4. The van der Waals surface area contributed by atoms with Crippen LogP contribution in [-0.2, 0) is 0 Å². The molecule has 1 amide bonds. The zero-order chi connectivity index (χ0) is 12.8. The zero-order valence-electron chi connectivity index (χ0n) is 10.4. The Morgan fingerprint density at radius 1 is 1.22 bits per heavy atom. The monoisotopic (exact) mass is 247 g/mol. The van der Waals surface area contributed by atoms with Crippen molar-refractivity contribution in [1.29, 1.82) is 0 Å². The van der Waals surface area contributed by atoms with Crippen LogP contribution in [0.1, 0.15) is 23.8 Å². The Hall–Kier alpha value is -1.95. The topological polar surface area (TPSA) is 71.3 Å². The molecule has 2 N–H and O–H groups in total. The van der Waals surface area contributed by atoms with Gasteiger partial charge in [-0.05, 0) is 13.0 Å². The molecule has 2 aromatic heterocycles. The second-order valence-corrected chi connectivity index (χ2v) is 3.94. The molecule has 0 atom stereocenters. The Balaban J connectivity index is 1.94. The Kier molecular flexibility index (Phi) is 4.25. The van der Waals surface area contributed by atoms with Crippen LogP contribution in [0.25, 0.3) is 5.65 Å². The molecule has 2 aromatic rings. The normalized spacial score (nSPS) is 10.7. The van der Waals surface area contributed by atoms with E-state index in [1.54, 1.807) is 29.2 Å². The molecule has 6 heteroatoms. The van der Waals surface area contributed by atoms with Crippen LogP contribution in [0.2, 0.25) is 0 Å². The molecule has 0 radical (unpaired) electrons. The molecule has 0 unspecified atom stereocenters. The van der Waals surface area contributed by atoms with Crippen molar-refractivity contribution in [1.82, 2.24) is 25.0 Å². The molecule has 0 aliphatic rings. The molecule has 0 aliphatic carbocycles. The van der Waals surface area contributed by atoms with Crippen LogP contribution in [0, 0.1) is 0 Å². The highest BCUT2D eigenvalue weighted by atomic mass is 16.1. The molecule has 0 aromatic carbocycles. The molecule has 0 saturated carbocycles. The molecule has 0 spiro atoms. The first-order chi connectivity index (χ1) is 8.83. The Bertz CT molecular complexity index is 522. The number of fused-ring (bicyclic) bond motifs is 1. The minimum atomic E-state index is -0.190. The van der Waals surface area contributed by atoms with E-state index in [-0.39, 0.29) is 5.91 Å². The van der Waals surface area contributed by atoms with Gasteiger partial charge in [-0.25, -0.2) is 9.97 Å². The molecule has 0 saturated heterocycles. The first kappa shape index (κ1) is 12.5. The van der Waals surface area contributed by atoms with Crippen molar-refractivity contribution in [2.24, 2.45) is 0 Å².